The summed E-state index contributed by atoms with van der Waals surface area (Å²) in [6, 6.07) is 7.75. The Kier molecular flexibility index (Phi) is 5.49. The number of benzene rings is 2. The molecule has 0 saturated carbocycles. The molecule has 2 aromatic carbocycles. The molecule has 1 heterocycles. The van der Waals surface area contributed by atoms with Gasteiger partial charge in [0.05, 0.1) is 13.7 Å². The van der Waals surface area contributed by atoms with Crippen molar-refractivity contribution in [3.63, 3.8) is 0 Å². The first-order valence-electron chi connectivity index (χ1n) is 8.19. The van der Waals surface area contributed by atoms with E-state index >= 15 is 0 Å². The molecule has 0 aromatic heterocycles. The molecule has 1 aliphatic rings. The van der Waals surface area contributed by atoms with Crippen molar-refractivity contribution < 1.29 is 44.5 Å². The Hall–Kier alpha value is -2.43. The maximum absolute atomic E-state index is 12.0. The van der Waals surface area contributed by atoms with Crippen LogP contribution in [0.5, 0.6) is 11.5 Å². The molecule has 5 atom stereocenters. The van der Waals surface area contributed by atoms with Gasteiger partial charge in [0.2, 0.25) is 6.29 Å². The van der Waals surface area contributed by atoms with Crippen LogP contribution in [0.4, 0.5) is 0 Å². The van der Waals surface area contributed by atoms with Crippen LogP contribution >= 0.6 is 0 Å². The van der Waals surface area contributed by atoms with Crippen LogP contribution in [0.15, 0.2) is 30.3 Å². The predicted octanol–water partition coefficient (Wildman–Crippen LogP) is -0.489. The smallest absolute Gasteiger partial charge is 0.341 e. The standard InChI is InChI=1S/C18H20O9/c1-25-17(24)10-6-11(8-4-2-3-5-9(8)13(10)20)26-18-16(23)15(22)14(21)12(7-19)27-18/h2-6,12,14-16,18-23H,7H2,1H3/t12-,14-,15+,16-,18-/m1/s1. The lowest BCUT2D eigenvalue weighted by molar-refractivity contribution is -0.277. The number of carbonyl (C=O) groups excluding carboxylic acids is 1. The van der Waals surface area contributed by atoms with Crippen molar-refractivity contribution in [1.29, 1.82) is 0 Å². The summed E-state index contributed by atoms with van der Waals surface area (Å²) < 4.78 is 15.6. The fraction of sp³-hybridized carbons (Fsp3) is 0.389. The molecule has 0 bridgehead atoms. The Balaban J connectivity index is 2.03. The number of phenolic OH excluding ortho intramolecular Hbond substituents is 1. The normalized spacial score (nSPS) is 28.1. The van der Waals surface area contributed by atoms with Gasteiger partial charge in [-0.1, -0.05) is 24.3 Å². The van der Waals surface area contributed by atoms with Crippen LogP contribution < -0.4 is 4.74 Å². The molecule has 5 N–H and O–H groups in total. The number of aliphatic hydroxyl groups excluding tert-OH is 4. The predicted molar refractivity (Wildman–Crippen MR) is 91.3 cm³/mol. The van der Waals surface area contributed by atoms with E-state index in [4.69, 9.17) is 9.47 Å². The van der Waals surface area contributed by atoms with Crippen LogP contribution in [0, 0.1) is 0 Å². The summed E-state index contributed by atoms with van der Waals surface area (Å²) in [5, 5.41) is 50.3. The van der Waals surface area contributed by atoms with Gasteiger partial charge in [0, 0.05) is 10.8 Å². The lowest BCUT2D eigenvalue weighted by atomic mass is 9.99. The molecule has 146 valence electrons. The number of aliphatic hydroxyl groups is 4. The van der Waals surface area contributed by atoms with Gasteiger partial charge in [0.15, 0.2) is 0 Å². The lowest BCUT2D eigenvalue weighted by Crippen LogP contribution is -2.60. The van der Waals surface area contributed by atoms with Gasteiger partial charge >= 0.3 is 5.97 Å². The molecule has 27 heavy (non-hydrogen) atoms. The Bertz CT molecular complexity index is 835. The second-order valence-electron chi connectivity index (χ2n) is 6.12. The number of rotatable bonds is 4. The van der Waals surface area contributed by atoms with Crippen molar-refractivity contribution in [2.45, 2.75) is 30.7 Å². The zero-order chi connectivity index (χ0) is 19.7. The number of hydrogen-bond acceptors (Lipinski definition) is 9. The molecule has 0 aliphatic carbocycles. The van der Waals surface area contributed by atoms with Crippen LogP contribution in [0.2, 0.25) is 0 Å². The highest BCUT2D eigenvalue weighted by Gasteiger charge is 2.45. The van der Waals surface area contributed by atoms with Gasteiger partial charge < -0.3 is 39.7 Å². The largest absolute Gasteiger partial charge is 0.506 e. The van der Waals surface area contributed by atoms with E-state index < -0.39 is 43.3 Å². The second-order valence-corrected chi connectivity index (χ2v) is 6.12. The Morgan fingerprint density at radius 3 is 2.41 bits per heavy atom. The Morgan fingerprint density at radius 2 is 1.78 bits per heavy atom. The first-order chi connectivity index (χ1) is 12.9. The van der Waals surface area contributed by atoms with Crippen molar-refractivity contribution in [3.05, 3.63) is 35.9 Å². The van der Waals surface area contributed by atoms with E-state index in [-0.39, 0.29) is 17.1 Å². The van der Waals surface area contributed by atoms with Gasteiger partial charge in [0.25, 0.3) is 0 Å². The van der Waals surface area contributed by atoms with E-state index in [0.717, 1.165) is 7.11 Å². The minimum atomic E-state index is -1.61. The molecule has 1 aliphatic heterocycles. The van der Waals surface area contributed by atoms with Crippen LogP contribution in [0.3, 0.4) is 0 Å². The van der Waals surface area contributed by atoms with Crippen molar-refractivity contribution in [1.82, 2.24) is 0 Å². The maximum atomic E-state index is 12.0. The number of aromatic hydroxyl groups is 1. The Morgan fingerprint density at radius 1 is 1.11 bits per heavy atom. The highest BCUT2D eigenvalue weighted by atomic mass is 16.7. The first-order valence-corrected chi connectivity index (χ1v) is 8.19. The Labute approximate surface area is 154 Å². The zero-order valence-corrected chi connectivity index (χ0v) is 14.3. The molecule has 0 spiro atoms. The summed E-state index contributed by atoms with van der Waals surface area (Å²) in [5.74, 6) is -1.01. The van der Waals surface area contributed by atoms with Gasteiger partial charge in [-0.15, -0.1) is 0 Å². The van der Waals surface area contributed by atoms with Gasteiger partial charge in [-0.2, -0.15) is 0 Å². The topological polar surface area (TPSA) is 146 Å². The highest BCUT2D eigenvalue weighted by molar-refractivity contribution is 6.03. The third-order valence-electron chi connectivity index (χ3n) is 4.48. The van der Waals surface area contributed by atoms with Crippen molar-refractivity contribution in [2.24, 2.45) is 0 Å². The summed E-state index contributed by atoms with van der Waals surface area (Å²) >= 11 is 0. The molecule has 0 radical (unpaired) electrons. The molecule has 9 nitrogen and oxygen atoms in total. The molecular weight excluding hydrogens is 360 g/mol. The van der Waals surface area contributed by atoms with Crippen molar-refractivity contribution in [3.8, 4) is 11.5 Å². The second kappa shape index (κ2) is 7.67. The van der Waals surface area contributed by atoms with Crippen LogP contribution in [-0.2, 0) is 9.47 Å². The number of esters is 1. The number of phenols is 1. The highest BCUT2D eigenvalue weighted by Crippen LogP contribution is 2.37. The SMILES string of the molecule is COC(=O)c1cc(O[C@@H]2O[C@H](CO)[C@@H](O)[C@H](O)[C@H]2O)c2ccccc2c1O. The minimum absolute atomic E-state index is 0.0770. The van der Waals surface area contributed by atoms with Crippen LogP contribution in [0.1, 0.15) is 10.4 Å². The van der Waals surface area contributed by atoms with Crippen molar-refractivity contribution >= 4 is 16.7 Å². The average Bonchev–Trinajstić information content (AvgIpc) is 2.69. The molecule has 0 amide bonds. The molecule has 1 fully saturated rings. The quantitative estimate of drug-likeness (QED) is 0.444. The third-order valence-corrected chi connectivity index (χ3v) is 4.48. The molecule has 9 heteroatoms. The molecule has 2 aromatic rings. The molecule has 1 saturated heterocycles. The van der Waals surface area contributed by atoms with E-state index in [1.165, 1.54) is 6.07 Å². The first kappa shape index (κ1) is 19.3. The van der Waals surface area contributed by atoms with E-state index in [1.54, 1.807) is 24.3 Å². The summed E-state index contributed by atoms with van der Waals surface area (Å²) in [4.78, 5) is 12.0. The summed E-state index contributed by atoms with van der Waals surface area (Å²) in [6.45, 7) is -0.603. The van der Waals surface area contributed by atoms with Gasteiger partial charge in [-0.25, -0.2) is 4.79 Å². The maximum Gasteiger partial charge on any atom is 0.341 e. The number of ether oxygens (including phenoxy) is 3. The number of hydrogen-bond donors (Lipinski definition) is 5. The molecular formula is C18H20O9. The molecule has 3 rings (SSSR count). The fourth-order valence-corrected chi connectivity index (χ4v) is 2.98. The summed E-state index contributed by atoms with van der Waals surface area (Å²) in [7, 11) is 1.16. The van der Waals surface area contributed by atoms with Crippen LogP contribution in [0.25, 0.3) is 10.8 Å². The summed E-state index contributed by atoms with van der Waals surface area (Å²) in [6.07, 6.45) is -7.32. The fourth-order valence-electron chi connectivity index (χ4n) is 2.98. The summed E-state index contributed by atoms with van der Waals surface area (Å²) in [5.41, 5.74) is -0.157. The number of carbonyl (C=O) groups is 1. The van der Waals surface area contributed by atoms with Crippen molar-refractivity contribution in [2.75, 3.05) is 13.7 Å². The van der Waals surface area contributed by atoms with E-state index in [9.17, 15) is 30.3 Å². The average molecular weight is 380 g/mol. The lowest BCUT2D eigenvalue weighted by Gasteiger charge is -2.39. The third kappa shape index (κ3) is 3.43. The number of methoxy groups -OCH3 is 1. The zero-order valence-electron chi connectivity index (χ0n) is 14.3. The van der Waals surface area contributed by atoms with E-state index in [2.05, 4.69) is 4.74 Å². The molecule has 0 unspecified atom stereocenters. The van der Waals surface area contributed by atoms with Gasteiger partial charge in [-0.3, -0.25) is 0 Å². The van der Waals surface area contributed by atoms with Gasteiger partial charge in [-0.05, 0) is 6.07 Å². The monoisotopic (exact) mass is 380 g/mol. The minimum Gasteiger partial charge on any atom is -0.506 e. The van der Waals surface area contributed by atoms with E-state index in [0.29, 0.717) is 10.8 Å². The van der Waals surface area contributed by atoms with Gasteiger partial charge in [0.1, 0.15) is 41.5 Å². The number of fused-ring (bicyclic) bond motifs is 1. The van der Waals surface area contributed by atoms with E-state index in [1.807, 2.05) is 0 Å². The van der Waals surface area contributed by atoms with Crippen LogP contribution in [-0.4, -0.2) is 75.9 Å².